The fourth-order valence-corrected chi connectivity index (χ4v) is 2.55. The van der Waals surface area contributed by atoms with Gasteiger partial charge in [-0.15, -0.1) is 0 Å². The van der Waals surface area contributed by atoms with Gasteiger partial charge in [-0.1, -0.05) is 47.6 Å². The van der Waals surface area contributed by atoms with Crippen molar-refractivity contribution in [3.05, 3.63) is 71.5 Å². The Bertz CT molecular complexity index is 731. The second kappa shape index (κ2) is 6.60. The van der Waals surface area contributed by atoms with E-state index < -0.39 is 0 Å². The highest BCUT2D eigenvalue weighted by Crippen LogP contribution is 2.27. The summed E-state index contributed by atoms with van der Waals surface area (Å²) in [4.78, 5) is 19.3. The first-order valence-corrected chi connectivity index (χ1v) is 7.41. The van der Waals surface area contributed by atoms with E-state index >= 15 is 0 Å². The first-order valence-electron chi connectivity index (χ1n) is 7.41. The minimum absolute atomic E-state index is 0.201. The molecule has 2 aromatic rings. The van der Waals surface area contributed by atoms with Gasteiger partial charge < -0.3 is 9.74 Å². The summed E-state index contributed by atoms with van der Waals surface area (Å²) in [6, 6.07) is 15.9. The van der Waals surface area contributed by atoms with Gasteiger partial charge in [-0.05, 0) is 23.3 Å². The second-order valence-electron chi connectivity index (χ2n) is 5.54. The molecule has 2 aromatic carbocycles. The summed E-state index contributed by atoms with van der Waals surface area (Å²) in [7, 11) is 1.67. The average molecular weight is 312 g/mol. The van der Waals surface area contributed by atoms with E-state index in [2.05, 4.69) is 5.16 Å². The molecule has 1 heterocycles. The van der Waals surface area contributed by atoms with E-state index in [1.807, 2.05) is 30.3 Å². The van der Waals surface area contributed by atoms with Crippen LogP contribution >= 0.6 is 0 Å². The van der Waals surface area contributed by atoms with Crippen LogP contribution in [0.4, 0.5) is 4.39 Å². The molecule has 0 N–H and O–H groups in total. The third kappa shape index (κ3) is 3.56. The molecule has 1 aliphatic rings. The third-order valence-electron chi connectivity index (χ3n) is 3.74. The Balaban J connectivity index is 1.62. The molecule has 5 heteroatoms. The SMILES string of the molecule is CN(Cc1cccc(F)c1)C(=O)C1=NOC(c2ccccc2)C1. The van der Waals surface area contributed by atoms with Gasteiger partial charge in [-0.2, -0.15) is 0 Å². The highest BCUT2D eigenvalue weighted by atomic mass is 19.1. The van der Waals surface area contributed by atoms with Gasteiger partial charge in [0.15, 0.2) is 6.10 Å². The van der Waals surface area contributed by atoms with Crippen LogP contribution in [0.2, 0.25) is 0 Å². The number of halogens is 1. The van der Waals surface area contributed by atoms with Crippen LogP contribution in [0.1, 0.15) is 23.7 Å². The monoisotopic (exact) mass is 312 g/mol. The molecule has 0 radical (unpaired) electrons. The van der Waals surface area contributed by atoms with Crippen LogP contribution in [0.15, 0.2) is 59.8 Å². The van der Waals surface area contributed by atoms with E-state index in [0.29, 0.717) is 18.7 Å². The van der Waals surface area contributed by atoms with E-state index in [1.54, 1.807) is 19.2 Å². The van der Waals surface area contributed by atoms with Crippen LogP contribution in [0.3, 0.4) is 0 Å². The first-order chi connectivity index (χ1) is 11.1. The molecule has 23 heavy (non-hydrogen) atoms. The van der Waals surface area contributed by atoms with Gasteiger partial charge in [0.05, 0.1) is 0 Å². The Morgan fingerprint density at radius 2 is 2.04 bits per heavy atom. The number of carbonyl (C=O) groups is 1. The standard InChI is InChI=1S/C18H17FN2O2/c1-21(12-13-6-5-9-15(19)10-13)18(22)16-11-17(23-20-16)14-7-3-2-4-8-14/h2-10,17H,11-12H2,1H3. The van der Waals surface area contributed by atoms with Crippen LogP contribution in [-0.2, 0) is 16.2 Å². The maximum absolute atomic E-state index is 13.2. The quantitative estimate of drug-likeness (QED) is 0.869. The Morgan fingerprint density at radius 3 is 2.78 bits per heavy atom. The summed E-state index contributed by atoms with van der Waals surface area (Å²) < 4.78 is 13.2. The van der Waals surface area contributed by atoms with Crippen LogP contribution in [0, 0.1) is 5.82 Å². The lowest BCUT2D eigenvalue weighted by Gasteiger charge is -2.16. The number of hydrogen-bond acceptors (Lipinski definition) is 3. The van der Waals surface area contributed by atoms with Gasteiger partial charge in [0, 0.05) is 20.0 Å². The molecule has 0 aromatic heterocycles. The molecule has 0 bridgehead atoms. The highest BCUT2D eigenvalue weighted by Gasteiger charge is 2.29. The zero-order chi connectivity index (χ0) is 16.2. The van der Waals surface area contributed by atoms with Gasteiger partial charge in [-0.25, -0.2) is 4.39 Å². The summed E-state index contributed by atoms with van der Waals surface area (Å²) in [5.41, 5.74) is 2.12. The zero-order valence-electron chi connectivity index (χ0n) is 12.8. The number of benzene rings is 2. The van der Waals surface area contributed by atoms with Crippen LogP contribution in [0.25, 0.3) is 0 Å². The largest absolute Gasteiger partial charge is 0.387 e. The molecular formula is C18H17FN2O2. The van der Waals surface area contributed by atoms with Crippen LogP contribution in [0.5, 0.6) is 0 Å². The number of rotatable bonds is 4. The lowest BCUT2D eigenvalue weighted by molar-refractivity contribution is -0.123. The molecule has 118 valence electrons. The summed E-state index contributed by atoms with van der Waals surface area (Å²) >= 11 is 0. The Labute approximate surface area is 134 Å². The lowest BCUT2D eigenvalue weighted by atomic mass is 10.0. The maximum Gasteiger partial charge on any atom is 0.271 e. The van der Waals surface area contributed by atoms with Gasteiger partial charge in [-0.3, -0.25) is 4.79 Å². The predicted molar refractivity (Wildman–Crippen MR) is 85.2 cm³/mol. The fraction of sp³-hybridized carbons (Fsp3) is 0.222. The maximum atomic E-state index is 13.2. The van der Waals surface area contributed by atoms with Gasteiger partial charge in [0.2, 0.25) is 0 Å². The molecule has 1 atom stereocenters. The van der Waals surface area contributed by atoms with Crippen molar-refractivity contribution in [3.63, 3.8) is 0 Å². The van der Waals surface area contributed by atoms with Crippen molar-refractivity contribution >= 4 is 11.6 Å². The van der Waals surface area contributed by atoms with Crippen molar-refractivity contribution in [2.45, 2.75) is 19.1 Å². The van der Waals surface area contributed by atoms with Crippen molar-refractivity contribution in [2.24, 2.45) is 5.16 Å². The van der Waals surface area contributed by atoms with Crippen molar-refractivity contribution in [3.8, 4) is 0 Å². The van der Waals surface area contributed by atoms with E-state index in [-0.39, 0.29) is 17.8 Å². The second-order valence-corrected chi connectivity index (χ2v) is 5.54. The predicted octanol–water partition coefficient (Wildman–Crippen LogP) is 3.30. The normalized spacial score (nSPS) is 16.6. The van der Waals surface area contributed by atoms with E-state index in [9.17, 15) is 9.18 Å². The Kier molecular flexibility index (Phi) is 4.37. The van der Waals surface area contributed by atoms with E-state index in [1.165, 1.54) is 17.0 Å². The number of nitrogens with zero attached hydrogens (tertiary/aromatic N) is 2. The molecular weight excluding hydrogens is 295 g/mol. The molecule has 3 rings (SSSR count). The van der Waals surface area contributed by atoms with Crippen LogP contribution in [-0.4, -0.2) is 23.6 Å². The van der Waals surface area contributed by atoms with Crippen molar-refractivity contribution in [1.82, 2.24) is 4.90 Å². The van der Waals surface area contributed by atoms with E-state index in [4.69, 9.17) is 4.84 Å². The smallest absolute Gasteiger partial charge is 0.271 e. The molecule has 4 nitrogen and oxygen atoms in total. The van der Waals surface area contributed by atoms with Crippen molar-refractivity contribution in [1.29, 1.82) is 0 Å². The minimum atomic E-state index is -0.311. The molecule has 0 fully saturated rings. The zero-order valence-corrected chi connectivity index (χ0v) is 12.8. The summed E-state index contributed by atoms with van der Waals surface area (Å²) in [6.07, 6.45) is 0.216. The topological polar surface area (TPSA) is 41.9 Å². The van der Waals surface area contributed by atoms with Crippen LogP contribution < -0.4 is 0 Å². The van der Waals surface area contributed by atoms with Gasteiger partial charge >= 0.3 is 0 Å². The molecule has 1 amide bonds. The van der Waals surface area contributed by atoms with Gasteiger partial charge in [0.25, 0.3) is 5.91 Å². The average Bonchev–Trinajstić information content (AvgIpc) is 3.05. The number of carbonyl (C=O) groups excluding carboxylic acids is 1. The summed E-state index contributed by atoms with van der Waals surface area (Å²) in [5.74, 6) is -0.512. The van der Waals surface area contributed by atoms with Gasteiger partial charge in [0.1, 0.15) is 11.5 Å². The van der Waals surface area contributed by atoms with Crippen molar-refractivity contribution < 1.29 is 14.0 Å². The van der Waals surface area contributed by atoms with E-state index in [0.717, 1.165) is 11.1 Å². The molecule has 1 unspecified atom stereocenters. The fourth-order valence-electron chi connectivity index (χ4n) is 2.55. The molecule has 0 saturated heterocycles. The summed E-state index contributed by atoms with van der Waals surface area (Å²) in [6.45, 7) is 0.325. The Morgan fingerprint density at radius 1 is 1.26 bits per heavy atom. The summed E-state index contributed by atoms with van der Waals surface area (Å²) in [5, 5.41) is 3.93. The number of oxime groups is 1. The third-order valence-corrected chi connectivity index (χ3v) is 3.74. The number of hydrogen-bond donors (Lipinski definition) is 0. The molecule has 0 spiro atoms. The number of amides is 1. The van der Waals surface area contributed by atoms with Crippen molar-refractivity contribution in [2.75, 3.05) is 7.05 Å². The molecule has 0 aliphatic carbocycles. The highest BCUT2D eigenvalue weighted by molar-refractivity contribution is 6.38. The lowest BCUT2D eigenvalue weighted by Crippen LogP contribution is -2.32. The molecule has 0 saturated carbocycles. The Hall–Kier alpha value is -2.69. The first kappa shape index (κ1) is 15.2. The minimum Gasteiger partial charge on any atom is -0.387 e. The molecule has 1 aliphatic heterocycles.